The van der Waals surface area contributed by atoms with Crippen LogP contribution >= 0.6 is 0 Å². The van der Waals surface area contributed by atoms with Gasteiger partial charge in [-0.15, -0.1) is 0 Å². The first-order chi connectivity index (χ1) is 7.25. The smallest absolute Gasteiger partial charge is 0.325 e. The van der Waals surface area contributed by atoms with E-state index in [0.29, 0.717) is 0 Å². The maximum atomic E-state index is 11.4. The Morgan fingerprint density at radius 1 is 1.00 bits per heavy atom. The number of hydrogen-bond donors (Lipinski definition) is 4. The number of carbonyl (C=O) groups excluding carboxylic acids is 2. The number of aliphatic carboxylic acids is 1. The van der Waals surface area contributed by atoms with Crippen molar-refractivity contribution in [3.63, 3.8) is 0 Å². The lowest BCUT2D eigenvalue weighted by atomic mass is 10.3. The van der Waals surface area contributed by atoms with Crippen molar-refractivity contribution in [3.8, 4) is 0 Å². The van der Waals surface area contributed by atoms with Gasteiger partial charge in [0.25, 0.3) is 0 Å². The lowest BCUT2D eigenvalue weighted by Gasteiger charge is -2.17. The van der Waals surface area contributed by atoms with E-state index in [4.69, 9.17) is 10.8 Å². The van der Waals surface area contributed by atoms with E-state index in [2.05, 4.69) is 10.6 Å². The van der Waals surface area contributed by atoms with Gasteiger partial charge in [-0.3, -0.25) is 14.4 Å². The highest BCUT2D eigenvalue weighted by Crippen LogP contribution is 1.88. The first kappa shape index (κ1) is 14.4. The molecule has 3 atom stereocenters. The molecule has 16 heavy (non-hydrogen) atoms. The number of nitrogens with one attached hydrogen (secondary N) is 2. The Hall–Kier alpha value is -1.63. The summed E-state index contributed by atoms with van der Waals surface area (Å²) >= 11 is 0. The molecule has 0 aliphatic rings. The van der Waals surface area contributed by atoms with Gasteiger partial charge in [-0.2, -0.15) is 0 Å². The molecule has 0 saturated carbocycles. The van der Waals surface area contributed by atoms with Crippen molar-refractivity contribution in [2.75, 3.05) is 0 Å². The van der Waals surface area contributed by atoms with Crippen LogP contribution in [0.3, 0.4) is 0 Å². The van der Waals surface area contributed by atoms with Gasteiger partial charge in [-0.1, -0.05) is 0 Å². The second-order valence-corrected chi connectivity index (χ2v) is 3.59. The van der Waals surface area contributed by atoms with Gasteiger partial charge in [0.05, 0.1) is 6.04 Å². The number of hydrogen-bond acceptors (Lipinski definition) is 4. The molecule has 2 amide bonds. The number of amides is 2. The summed E-state index contributed by atoms with van der Waals surface area (Å²) in [6.45, 7) is 4.27. The number of nitrogens with two attached hydrogens (primary N) is 1. The summed E-state index contributed by atoms with van der Waals surface area (Å²) in [4.78, 5) is 33.0. The molecule has 0 bridgehead atoms. The quantitative estimate of drug-likeness (QED) is 0.428. The zero-order valence-electron chi connectivity index (χ0n) is 9.48. The Morgan fingerprint density at radius 3 is 1.81 bits per heavy atom. The molecule has 0 spiro atoms. The van der Waals surface area contributed by atoms with Gasteiger partial charge in [0.15, 0.2) is 0 Å². The fourth-order valence-electron chi connectivity index (χ4n) is 0.811. The van der Waals surface area contributed by atoms with Gasteiger partial charge in [0.2, 0.25) is 11.8 Å². The Morgan fingerprint density at radius 2 is 1.44 bits per heavy atom. The van der Waals surface area contributed by atoms with Crippen molar-refractivity contribution in [2.24, 2.45) is 5.73 Å². The predicted molar refractivity (Wildman–Crippen MR) is 56.5 cm³/mol. The number of rotatable bonds is 5. The maximum Gasteiger partial charge on any atom is 0.325 e. The Labute approximate surface area is 93.4 Å². The van der Waals surface area contributed by atoms with Gasteiger partial charge in [0, 0.05) is 0 Å². The van der Waals surface area contributed by atoms with Crippen LogP contribution in [0.5, 0.6) is 0 Å². The van der Waals surface area contributed by atoms with Crippen molar-refractivity contribution in [1.82, 2.24) is 10.6 Å². The summed E-state index contributed by atoms with van der Waals surface area (Å²) in [5, 5.41) is 13.1. The minimum absolute atomic E-state index is 0.467. The third-order valence-corrected chi connectivity index (χ3v) is 1.89. The fourth-order valence-corrected chi connectivity index (χ4v) is 0.811. The summed E-state index contributed by atoms with van der Waals surface area (Å²) in [5.41, 5.74) is 5.30. The minimum Gasteiger partial charge on any atom is -0.480 e. The van der Waals surface area contributed by atoms with E-state index in [1.807, 2.05) is 0 Å². The molecule has 7 nitrogen and oxygen atoms in total. The van der Waals surface area contributed by atoms with Crippen LogP contribution in [0.4, 0.5) is 0 Å². The summed E-state index contributed by atoms with van der Waals surface area (Å²) in [6.07, 6.45) is 0. The summed E-state index contributed by atoms with van der Waals surface area (Å²) in [7, 11) is 0. The SMILES string of the molecule is C[C@H](N)C(=O)N[13C@@H]([13CH3])[13C](=O)N[C@@H](C)C(=O)O. The van der Waals surface area contributed by atoms with E-state index in [-0.39, 0.29) is 0 Å². The maximum absolute atomic E-state index is 11.4. The lowest BCUT2D eigenvalue weighted by molar-refractivity contribution is -0.141. The average Bonchev–Trinajstić information content (AvgIpc) is 2.16. The Balaban J connectivity index is 4.19. The van der Waals surface area contributed by atoms with E-state index in [9.17, 15) is 14.4 Å². The lowest BCUT2D eigenvalue weighted by Crippen LogP contribution is -2.52. The van der Waals surface area contributed by atoms with Crippen molar-refractivity contribution >= 4 is 17.8 Å². The molecule has 5 N–H and O–H groups in total. The third-order valence-electron chi connectivity index (χ3n) is 1.89. The van der Waals surface area contributed by atoms with Gasteiger partial charge in [0.1, 0.15) is 12.1 Å². The zero-order valence-corrected chi connectivity index (χ0v) is 9.48. The second kappa shape index (κ2) is 6.06. The highest BCUT2D eigenvalue weighted by molar-refractivity contribution is 5.91. The topological polar surface area (TPSA) is 122 Å². The zero-order chi connectivity index (χ0) is 12.9. The normalized spacial score (nSPS) is 15.8. The van der Waals surface area contributed by atoms with Crippen LogP contribution in [0, 0.1) is 0 Å². The molecular weight excluding hydrogens is 217 g/mol. The molecule has 0 saturated heterocycles. The molecular formula is C9H17N3O4. The highest BCUT2D eigenvalue weighted by atomic mass is 16.4. The molecule has 7 heteroatoms. The van der Waals surface area contributed by atoms with Crippen LogP contribution in [-0.4, -0.2) is 41.0 Å². The molecule has 0 fully saturated rings. The molecule has 0 aromatic carbocycles. The second-order valence-electron chi connectivity index (χ2n) is 3.59. The third kappa shape index (κ3) is 4.74. The largest absolute Gasteiger partial charge is 0.480 e. The number of carboxylic acid groups (broad SMARTS) is 1. The van der Waals surface area contributed by atoms with E-state index < -0.39 is 35.9 Å². The molecule has 0 rings (SSSR count). The molecule has 0 aromatic rings. The van der Waals surface area contributed by atoms with Crippen molar-refractivity contribution in [3.05, 3.63) is 0 Å². The molecule has 92 valence electrons. The van der Waals surface area contributed by atoms with Crippen LogP contribution < -0.4 is 16.4 Å². The van der Waals surface area contributed by atoms with Crippen molar-refractivity contribution in [2.45, 2.75) is 38.9 Å². The standard InChI is InChI=1S/C9H17N3O4/c1-4(10)7(13)11-5(2)8(14)12-6(3)9(15)16/h4-6H,10H2,1-3H3,(H,11,13)(H,12,14)(H,15,16)/t4-,5-,6-/m0/s1/i2+1,5+1,8+1. The molecule has 0 aromatic heterocycles. The van der Waals surface area contributed by atoms with Gasteiger partial charge in [-0.05, 0) is 20.8 Å². The van der Waals surface area contributed by atoms with Crippen LogP contribution in [0.25, 0.3) is 0 Å². The summed E-state index contributed by atoms with van der Waals surface area (Å²) in [5.74, 6) is -2.17. The minimum atomic E-state index is -1.14. The number of carbonyl (C=O) groups is 3. The summed E-state index contributed by atoms with van der Waals surface area (Å²) in [6, 6.07) is -2.53. The first-order valence-corrected chi connectivity index (χ1v) is 4.84. The van der Waals surface area contributed by atoms with E-state index in [0.717, 1.165) is 0 Å². The van der Waals surface area contributed by atoms with Crippen LogP contribution in [0.15, 0.2) is 0 Å². The van der Waals surface area contributed by atoms with E-state index in [1.165, 1.54) is 20.8 Å². The molecule has 0 radical (unpaired) electrons. The predicted octanol–water partition coefficient (Wildman–Crippen LogP) is -1.57. The molecule has 0 unspecified atom stereocenters. The number of carboxylic acids is 1. The van der Waals surface area contributed by atoms with E-state index >= 15 is 0 Å². The van der Waals surface area contributed by atoms with Gasteiger partial charge >= 0.3 is 5.97 Å². The van der Waals surface area contributed by atoms with Crippen molar-refractivity contribution < 1.29 is 19.5 Å². The Kier molecular flexibility index (Phi) is 5.44. The molecule has 0 heterocycles. The highest BCUT2D eigenvalue weighted by Gasteiger charge is 2.21. The van der Waals surface area contributed by atoms with Crippen molar-refractivity contribution in [1.29, 1.82) is 0 Å². The van der Waals surface area contributed by atoms with Gasteiger partial charge < -0.3 is 21.5 Å². The fraction of sp³-hybridized carbons (Fsp3) is 0.667. The van der Waals surface area contributed by atoms with Crippen LogP contribution in [0.2, 0.25) is 0 Å². The monoisotopic (exact) mass is 234 g/mol. The van der Waals surface area contributed by atoms with Crippen LogP contribution in [-0.2, 0) is 14.4 Å². The van der Waals surface area contributed by atoms with Gasteiger partial charge in [-0.25, -0.2) is 0 Å². The van der Waals surface area contributed by atoms with Crippen LogP contribution in [0.1, 0.15) is 20.8 Å². The molecule has 0 aliphatic carbocycles. The van der Waals surface area contributed by atoms with E-state index in [1.54, 1.807) is 0 Å². The average molecular weight is 234 g/mol. The molecule has 0 aliphatic heterocycles. The Bertz CT molecular complexity index is 290. The summed E-state index contributed by atoms with van der Waals surface area (Å²) < 4.78 is 0. The first-order valence-electron chi connectivity index (χ1n) is 4.84.